The van der Waals surface area contributed by atoms with Crippen LogP contribution in [0.4, 0.5) is 10.1 Å². The molecule has 2 rings (SSSR count). The Kier molecular flexibility index (Phi) is 3.52. The molecule has 1 aliphatic heterocycles. The summed E-state index contributed by atoms with van der Waals surface area (Å²) in [6, 6.07) is 6.09. The minimum atomic E-state index is -1.17. The first-order valence-corrected chi connectivity index (χ1v) is 5.90. The number of rotatable bonds is 3. The number of hydrogen-bond acceptors (Lipinski definition) is 3. The Morgan fingerprint density at radius 1 is 1.56 bits per heavy atom. The predicted octanol–water partition coefficient (Wildman–Crippen LogP) is 2.12. The lowest BCUT2D eigenvalue weighted by Gasteiger charge is -2.40. The van der Waals surface area contributed by atoms with Gasteiger partial charge in [0.05, 0.1) is 12.3 Å². The molecule has 1 aromatic carbocycles. The van der Waals surface area contributed by atoms with Crippen molar-refractivity contribution in [2.24, 2.45) is 5.92 Å². The van der Waals surface area contributed by atoms with Crippen molar-refractivity contribution in [3.05, 3.63) is 30.1 Å². The van der Waals surface area contributed by atoms with Crippen LogP contribution in [0.15, 0.2) is 24.3 Å². The SMILES string of the molecule is CC1COCCC1(Nc1ccccc1F)C(=O)O. The number of carbonyl (C=O) groups is 1. The molecule has 2 N–H and O–H groups in total. The van der Waals surface area contributed by atoms with Gasteiger partial charge in [0.1, 0.15) is 11.4 Å². The molecule has 4 nitrogen and oxygen atoms in total. The van der Waals surface area contributed by atoms with Gasteiger partial charge >= 0.3 is 5.97 Å². The topological polar surface area (TPSA) is 58.6 Å². The Balaban J connectivity index is 2.32. The maximum absolute atomic E-state index is 13.6. The monoisotopic (exact) mass is 253 g/mol. The molecule has 1 aliphatic rings. The van der Waals surface area contributed by atoms with E-state index in [1.54, 1.807) is 25.1 Å². The van der Waals surface area contributed by atoms with Gasteiger partial charge in [-0.15, -0.1) is 0 Å². The number of carboxylic acids is 1. The molecular formula is C13H16FNO3. The molecule has 0 bridgehead atoms. The van der Waals surface area contributed by atoms with Crippen LogP contribution < -0.4 is 5.32 Å². The van der Waals surface area contributed by atoms with E-state index in [0.29, 0.717) is 19.6 Å². The third-order valence-corrected chi connectivity index (χ3v) is 3.46. The smallest absolute Gasteiger partial charge is 0.329 e. The minimum absolute atomic E-state index is 0.216. The highest BCUT2D eigenvalue weighted by Gasteiger charge is 2.46. The van der Waals surface area contributed by atoms with Gasteiger partial charge in [0.25, 0.3) is 0 Å². The number of aliphatic carboxylic acids is 1. The summed E-state index contributed by atoms with van der Waals surface area (Å²) in [4.78, 5) is 11.6. The summed E-state index contributed by atoms with van der Waals surface area (Å²) in [6.45, 7) is 2.51. The lowest BCUT2D eigenvalue weighted by atomic mass is 9.81. The third kappa shape index (κ3) is 2.18. The number of ether oxygens (including phenoxy) is 1. The molecule has 0 spiro atoms. The number of para-hydroxylation sites is 1. The second-order valence-corrected chi connectivity index (χ2v) is 4.61. The Hall–Kier alpha value is -1.62. The maximum Gasteiger partial charge on any atom is 0.329 e. The molecule has 1 heterocycles. The van der Waals surface area contributed by atoms with E-state index in [1.165, 1.54) is 6.07 Å². The molecule has 2 unspecified atom stereocenters. The molecule has 18 heavy (non-hydrogen) atoms. The van der Waals surface area contributed by atoms with E-state index >= 15 is 0 Å². The van der Waals surface area contributed by atoms with Gasteiger partial charge in [-0.25, -0.2) is 9.18 Å². The van der Waals surface area contributed by atoms with Crippen molar-refractivity contribution < 1.29 is 19.0 Å². The summed E-state index contributed by atoms with van der Waals surface area (Å²) < 4.78 is 18.9. The number of halogens is 1. The van der Waals surface area contributed by atoms with Gasteiger partial charge in [-0.3, -0.25) is 0 Å². The van der Waals surface area contributed by atoms with E-state index in [4.69, 9.17) is 4.74 Å². The number of nitrogens with one attached hydrogen (secondary N) is 1. The van der Waals surface area contributed by atoms with Crippen LogP contribution in [0.25, 0.3) is 0 Å². The van der Waals surface area contributed by atoms with Crippen molar-refractivity contribution in [2.75, 3.05) is 18.5 Å². The molecule has 0 saturated carbocycles. The van der Waals surface area contributed by atoms with Gasteiger partial charge < -0.3 is 15.2 Å². The largest absolute Gasteiger partial charge is 0.479 e. The molecule has 0 amide bonds. The van der Waals surface area contributed by atoms with E-state index in [2.05, 4.69) is 5.32 Å². The van der Waals surface area contributed by atoms with Gasteiger partial charge in [0, 0.05) is 18.9 Å². The number of hydrogen-bond donors (Lipinski definition) is 2. The van der Waals surface area contributed by atoms with E-state index < -0.39 is 17.3 Å². The van der Waals surface area contributed by atoms with E-state index in [0.717, 1.165) is 0 Å². The zero-order chi connectivity index (χ0) is 13.2. The molecule has 2 atom stereocenters. The molecular weight excluding hydrogens is 237 g/mol. The number of anilines is 1. The zero-order valence-electron chi connectivity index (χ0n) is 10.1. The lowest BCUT2D eigenvalue weighted by molar-refractivity contribution is -0.148. The van der Waals surface area contributed by atoms with Crippen LogP contribution in [-0.2, 0) is 9.53 Å². The Labute approximate surface area is 105 Å². The average Bonchev–Trinajstić information content (AvgIpc) is 2.34. The van der Waals surface area contributed by atoms with Crippen LogP contribution in [0.3, 0.4) is 0 Å². The second-order valence-electron chi connectivity index (χ2n) is 4.61. The van der Waals surface area contributed by atoms with E-state index in [1.807, 2.05) is 0 Å². The van der Waals surface area contributed by atoms with Gasteiger partial charge in [-0.2, -0.15) is 0 Å². The number of carboxylic acid groups (broad SMARTS) is 1. The van der Waals surface area contributed by atoms with Gasteiger partial charge in [-0.1, -0.05) is 19.1 Å². The highest BCUT2D eigenvalue weighted by molar-refractivity contribution is 5.83. The van der Waals surface area contributed by atoms with Crippen LogP contribution in [0.2, 0.25) is 0 Å². The van der Waals surface area contributed by atoms with Crippen molar-refractivity contribution in [2.45, 2.75) is 18.9 Å². The van der Waals surface area contributed by atoms with Crippen molar-refractivity contribution in [3.8, 4) is 0 Å². The van der Waals surface area contributed by atoms with Crippen LogP contribution in [0, 0.1) is 11.7 Å². The first kappa shape index (κ1) is 12.8. The first-order chi connectivity index (χ1) is 8.56. The molecule has 0 aromatic heterocycles. The molecule has 0 radical (unpaired) electrons. The summed E-state index contributed by atoms with van der Waals surface area (Å²) >= 11 is 0. The normalized spacial score (nSPS) is 27.8. The Morgan fingerprint density at radius 2 is 2.28 bits per heavy atom. The van der Waals surface area contributed by atoms with Gasteiger partial charge in [0.15, 0.2) is 0 Å². The van der Waals surface area contributed by atoms with Crippen molar-refractivity contribution in [3.63, 3.8) is 0 Å². The summed E-state index contributed by atoms with van der Waals surface area (Å²) in [5.74, 6) is -1.65. The zero-order valence-corrected chi connectivity index (χ0v) is 10.1. The third-order valence-electron chi connectivity index (χ3n) is 3.46. The van der Waals surface area contributed by atoms with Crippen LogP contribution in [0.1, 0.15) is 13.3 Å². The van der Waals surface area contributed by atoms with E-state index in [-0.39, 0.29) is 11.6 Å². The fourth-order valence-corrected chi connectivity index (χ4v) is 2.24. The molecule has 1 saturated heterocycles. The highest BCUT2D eigenvalue weighted by Crippen LogP contribution is 2.31. The molecule has 5 heteroatoms. The fraction of sp³-hybridized carbons (Fsp3) is 0.462. The van der Waals surface area contributed by atoms with Crippen LogP contribution in [0.5, 0.6) is 0 Å². The van der Waals surface area contributed by atoms with Gasteiger partial charge in [0.2, 0.25) is 0 Å². The van der Waals surface area contributed by atoms with Crippen molar-refractivity contribution in [1.29, 1.82) is 0 Å². The standard InChI is InChI=1S/C13H16FNO3/c1-9-8-18-7-6-13(9,12(16)17)15-11-5-3-2-4-10(11)14/h2-5,9,15H,6-8H2,1H3,(H,16,17). The minimum Gasteiger partial charge on any atom is -0.479 e. The van der Waals surface area contributed by atoms with Crippen LogP contribution >= 0.6 is 0 Å². The van der Waals surface area contributed by atoms with E-state index in [9.17, 15) is 14.3 Å². The molecule has 98 valence electrons. The summed E-state index contributed by atoms with van der Waals surface area (Å²) in [5, 5.41) is 12.3. The number of benzene rings is 1. The molecule has 1 aromatic rings. The van der Waals surface area contributed by atoms with Gasteiger partial charge in [-0.05, 0) is 12.1 Å². The Morgan fingerprint density at radius 3 is 2.89 bits per heavy atom. The second kappa shape index (κ2) is 4.94. The quantitative estimate of drug-likeness (QED) is 0.866. The first-order valence-electron chi connectivity index (χ1n) is 5.90. The summed E-state index contributed by atoms with van der Waals surface area (Å²) in [7, 11) is 0. The predicted molar refractivity (Wildman–Crippen MR) is 65.0 cm³/mol. The Bertz CT molecular complexity index is 452. The molecule has 1 fully saturated rings. The van der Waals surface area contributed by atoms with Crippen molar-refractivity contribution in [1.82, 2.24) is 0 Å². The highest BCUT2D eigenvalue weighted by atomic mass is 19.1. The maximum atomic E-state index is 13.6. The fourth-order valence-electron chi connectivity index (χ4n) is 2.24. The van der Waals surface area contributed by atoms with Crippen molar-refractivity contribution >= 4 is 11.7 Å². The summed E-state index contributed by atoms with van der Waals surface area (Å²) in [5.41, 5.74) is -0.950. The summed E-state index contributed by atoms with van der Waals surface area (Å²) in [6.07, 6.45) is 0.317. The lowest BCUT2D eigenvalue weighted by Crippen LogP contribution is -2.56. The average molecular weight is 253 g/mol. The molecule has 0 aliphatic carbocycles. The van der Waals surface area contributed by atoms with Crippen LogP contribution in [-0.4, -0.2) is 29.8 Å².